The third-order valence-electron chi connectivity index (χ3n) is 3.97. The summed E-state index contributed by atoms with van der Waals surface area (Å²) in [6, 6.07) is 11.6. The van der Waals surface area contributed by atoms with Gasteiger partial charge in [-0.25, -0.2) is 0 Å². The van der Waals surface area contributed by atoms with Crippen LogP contribution in [-0.2, 0) is 4.79 Å². The van der Waals surface area contributed by atoms with Crippen molar-refractivity contribution in [1.82, 2.24) is 5.32 Å². The quantitative estimate of drug-likeness (QED) is 0.538. The number of benzene rings is 2. The van der Waals surface area contributed by atoms with Crippen LogP contribution in [0.15, 0.2) is 42.5 Å². The maximum atomic E-state index is 12.0. The van der Waals surface area contributed by atoms with Crippen LogP contribution in [0, 0.1) is 13.8 Å². The molecule has 0 bridgehead atoms. The van der Waals surface area contributed by atoms with Crippen LogP contribution in [0.4, 0.5) is 0 Å². The minimum atomic E-state index is -0.172. The molecule has 0 spiro atoms. The highest BCUT2D eigenvalue weighted by molar-refractivity contribution is 5.91. The zero-order chi connectivity index (χ0) is 19.6. The van der Waals surface area contributed by atoms with Crippen LogP contribution in [0.5, 0.6) is 17.2 Å². The minimum absolute atomic E-state index is 0.172. The molecule has 0 fully saturated rings. The Morgan fingerprint density at radius 1 is 1.07 bits per heavy atom. The monoisotopic (exact) mass is 369 g/mol. The SMILES string of the molecule is CCOc1cc(/C=C/C(=O)NCCOc2c(C)cccc2C)ccc1OC. The highest BCUT2D eigenvalue weighted by Crippen LogP contribution is 2.28. The number of aryl methyl sites for hydroxylation is 2. The predicted octanol–water partition coefficient (Wildman–Crippen LogP) is 3.92. The number of para-hydroxylation sites is 1. The molecule has 0 radical (unpaired) electrons. The van der Waals surface area contributed by atoms with Crippen LogP contribution < -0.4 is 19.5 Å². The van der Waals surface area contributed by atoms with E-state index >= 15 is 0 Å². The maximum Gasteiger partial charge on any atom is 0.244 e. The van der Waals surface area contributed by atoms with Crippen LogP contribution in [0.2, 0.25) is 0 Å². The number of hydrogen-bond donors (Lipinski definition) is 1. The van der Waals surface area contributed by atoms with Crippen molar-refractivity contribution in [3.05, 3.63) is 59.2 Å². The molecule has 2 rings (SSSR count). The Labute approximate surface area is 161 Å². The Hall–Kier alpha value is -2.95. The van der Waals surface area contributed by atoms with Gasteiger partial charge in [-0.15, -0.1) is 0 Å². The van der Waals surface area contributed by atoms with E-state index in [0.717, 1.165) is 22.4 Å². The number of ether oxygens (including phenoxy) is 3. The Bertz CT molecular complexity index is 779. The van der Waals surface area contributed by atoms with E-state index in [1.54, 1.807) is 13.2 Å². The molecule has 0 saturated carbocycles. The molecule has 0 saturated heterocycles. The third-order valence-corrected chi connectivity index (χ3v) is 3.97. The molecule has 0 heterocycles. The summed E-state index contributed by atoms with van der Waals surface area (Å²) in [5.74, 6) is 2.03. The van der Waals surface area contributed by atoms with Crippen molar-refractivity contribution in [2.75, 3.05) is 26.9 Å². The largest absolute Gasteiger partial charge is 0.493 e. The second-order valence-electron chi connectivity index (χ2n) is 6.04. The number of amides is 1. The van der Waals surface area contributed by atoms with Gasteiger partial charge in [0.05, 0.1) is 20.3 Å². The first-order valence-corrected chi connectivity index (χ1v) is 9.01. The molecule has 0 aromatic heterocycles. The highest BCUT2D eigenvalue weighted by Gasteiger charge is 2.05. The molecular formula is C22H27NO4. The van der Waals surface area contributed by atoms with Crippen LogP contribution >= 0.6 is 0 Å². The summed E-state index contributed by atoms with van der Waals surface area (Å²) in [5, 5.41) is 2.82. The van der Waals surface area contributed by atoms with Crippen molar-refractivity contribution >= 4 is 12.0 Å². The van der Waals surface area contributed by atoms with E-state index in [-0.39, 0.29) is 5.91 Å². The van der Waals surface area contributed by atoms with Crippen LogP contribution in [0.25, 0.3) is 6.08 Å². The normalized spacial score (nSPS) is 10.7. The number of rotatable bonds is 9. The van der Waals surface area contributed by atoms with E-state index in [2.05, 4.69) is 5.32 Å². The average molecular weight is 369 g/mol. The molecule has 2 aromatic rings. The fraction of sp³-hybridized carbons (Fsp3) is 0.318. The molecular weight excluding hydrogens is 342 g/mol. The summed E-state index contributed by atoms with van der Waals surface area (Å²) < 4.78 is 16.6. The Morgan fingerprint density at radius 3 is 2.48 bits per heavy atom. The number of hydrogen-bond acceptors (Lipinski definition) is 4. The molecule has 5 nitrogen and oxygen atoms in total. The van der Waals surface area contributed by atoms with Crippen molar-refractivity contribution in [2.24, 2.45) is 0 Å². The molecule has 2 aromatic carbocycles. The Morgan fingerprint density at radius 2 is 1.81 bits per heavy atom. The van der Waals surface area contributed by atoms with Gasteiger partial charge in [-0.3, -0.25) is 4.79 Å². The third kappa shape index (κ3) is 6.06. The average Bonchev–Trinajstić information content (AvgIpc) is 2.66. The van der Waals surface area contributed by atoms with Crippen LogP contribution in [0.1, 0.15) is 23.6 Å². The lowest BCUT2D eigenvalue weighted by atomic mass is 10.1. The highest BCUT2D eigenvalue weighted by atomic mass is 16.5. The first-order chi connectivity index (χ1) is 13.0. The van der Waals surface area contributed by atoms with Gasteiger partial charge < -0.3 is 19.5 Å². The van der Waals surface area contributed by atoms with E-state index in [0.29, 0.717) is 31.3 Å². The lowest BCUT2D eigenvalue weighted by molar-refractivity contribution is -0.116. The lowest BCUT2D eigenvalue weighted by Gasteiger charge is -2.12. The van der Waals surface area contributed by atoms with Gasteiger partial charge in [0.25, 0.3) is 0 Å². The van der Waals surface area contributed by atoms with Crippen LogP contribution in [-0.4, -0.2) is 32.8 Å². The van der Waals surface area contributed by atoms with E-state index < -0.39 is 0 Å². The van der Waals surface area contributed by atoms with Gasteiger partial charge in [-0.1, -0.05) is 24.3 Å². The first kappa shape index (κ1) is 20.4. The van der Waals surface area contributed by atoms with Gasteiger partial charge in [-0.2, -0.15) is 0 Å². The predicted molar refractivity (Wildman–Crippen MR) is 108 cm³/mol. The summed E-state index contributed by atoms with van der Waals surface area (Å²) in [6.45, 7) is 7.33. The smallest absolute Gasteiger partial charge is 0.244 e. The van der Waals surface area contributed by atoms with Gasteiger partial charge in [0.2, 0.25) is 5.91 Å². The lowest BCUT2D eigenvalue weighted by Crippen LogP contribution is -2.26. The molecule has 0 aliphatic heterocycles. The van der Waals surface area contributed by atoms with Gasteiger partial charge in [0.15, 0.2) is 11.5 Å². The fourth-order valence-corrected chi connectivity index (χ4v) is 2.65. The second kappa shape index (κ2) is 10.3. The number of methoxy groups -OCH3 is 1. The molecule has 1 amide bonds. The summed E-state index contributed by atoms with van der Waals surface area (Å²) >= 11 is 0. The van der Waals surface area contributed by atoms with Crippen molar-refractivity contribution in [1.29, 1.82) is 0 Å². The number of carbonyl (C=O) groups excluding carboxylic acids is 1. The molecule has 0 atom stereocenters. The zero-order valence-electron chi connectivity index (χ0n) is 16.4. The molecule has 0 unspecified atom stereocenters. The van der Waals surface area contributed by atoms with Crippen molar-refractivity contribution in [3.8, 4) is 17.2 Å². The van der Waals surface area contributed by atoms with Gasteiger partial charge in [-0.05, 0) is 55.7 Å². The molecule has 0 aliphatic carbocycles. The van der Waals surface area contributed by atoms with E-state index in [1.165, 1.54) is 6.08 Å². The van der Waals surface area contributed by atoms with Crippen molar-refractivity contribution < 1.29 is 19.0 Å². The number of carbonyl (C=O) groups is 1. The van der Waals surface area contributed by atoms with E-state index in [1.807, 2.05) is 57.2 Å². The second-order valence-corrected chi connectivity index (χ2v) is 6.04. The van der Waals surface area contributed by atoms with Gasteiger partial charge in [0.1, 0.15) is 12.4 Å². The summed E-state index contributed by atoms with van der Waals surface area (Å²) in [5.41, 5.74) is 3.04. The summed E-state index contributed by atoms with van der Waals surface area (Å²) in [7, 11) is 1.60. The van der Waals surface area contributed by atoms with Gasteiger partial charge >= 0.3 is 0 Å². The summed E-state index contributed by atoms with van der Waals surface area (Å²) in [4.78, 5) is 12.0. The number of nitrogens with one attached hydrogen (secondary N) is 1. The molecule has 27 heavy (non-hydrogen) atoms. The molecule has 5 heteroatoms. The Kier molecular flexibility index (Phi) is 7.74. The van der Waals surface area contributed by atoms with Crippen molar-refractivity contribution in [2.45, 2.75) is 20.8 Å². The molecule has 0 aliphatic rings. The fourth-order valence-electron chi connectivity index (χ4n) is 2.65. The Balaban J connectivity index is 1.84. The summed E-state index contributed by atoms with van der Waals surface area (Å²) in [6.07, 6.45) is 3.24. The van der Waals surface area contributed by atoms with E-state index in [4.69, 9.17) is 14.2 Å². The molecule has 144 valence electrons. The topological polar surface area (TPSA) is 56.8 Å². The first-order valence-electron chi connectivity index (χ1n) is 9.01. The standard InChI is InChI=1S/C22H27NO4/c1-5-26-20-15-18(9-11-19(20)25-4)10-12-21(24)23-13-14-27-22-16(2)7-6-8-17(22)3/h6-12,15H,5,13-14H2,1-4H3,(H,23,24)/b12-10+. The molecule has 1 N–H and O–H groups in total. The van der Waals surface area contributed by atoms with Crippen LogP contribution in [0.3, 0.4) is 0 Å². The minimum Gasteiger partial charge on any atom is -0.493 e. The maximum absolute atomic E-state index is 12.0. The van der Waals surface area contributed by atoms with Crippen molar-refractivity contribution in [3.63, 3.8) is 0 Å². The zero-order valence-corrected chi connectivity index (χ0v) is 16.4. The van der Waals surface area contributed by atoms with E-state index in [9.17, 15) is 4.79 Å². The van der Waals surface area contributed by atoms with Gasteiger partial charge in [0, 0.05) is 6.08 Å².